The van der Waals surface area contributed by atoms with E-state index in [2.05, 4.69) is 16.4 Å². The first-order chi connectivity index (χ1) is 9.67. The van der Waals surface area contributed by atoms with Crippen molar-refractivity contribution in [2.75, 3.05) is 26.1 Å². The second kappa shape index (κ2) is 5.85. The Kier molecular flexibility index (Phi) is 4.16. The summed E-state index contributed by atoms with van der Waals surface area (Å²) in [6.45, 7) is 2.60. The zero-order chi connectivity index (χ0) is 14.7. The van der Waals surface area contributed by atoms with Gasteiger partial charge in [-0.25, -0.2) is 0 Å². The standard InChI is InChI=1S/C14H14ClN3O2/c1-4-17-12-8(6-16)7-18-13-10(19-2)5-9(15)14(20-3)11(12)13/h5,7H,4H2,1-3H3,(H,17,18). The molecule has 0 unspecified atom stereocenters. The van der Waals surface area contributed by atoms with Crippen molar-refractivity contribution in [3.8, 4) is 17.6 Å². The molecule has 2 aromatic rings. The molecule has 0 aliphatic carbocycles. The van der Waals surface area contributed by atoms with Crippen LogP contribution in [-0.4, -0.2) is 25.7 Å². The van der Waals surface area contributed by atoms with E-state index in [1.807, 2.05) is 6.92 Å². The highest BCUT2D eigenvalue weighted by atomic mass is 35.5. The van der Waals surface area contributed by atoms with Crippen LogP contribution in [0.5, 0.6) is 11.5 Å². The average molecular weight is 292 g/mol. The average Bonchev–Trinajstić information content (AvgIpc) is 2.47. The van der Waals surface area contributed by atoms with Gasteiger partial charge in [-0.1, -0.05) is 11.6 Å². The number of nitrogens with one attached hydrogen (secondary N) is 1. The topological polar surface area (TPSA) is 67.2 Å². The van der Waals surface area contributed by atoms with Crippen molar-refractivity contribution in [3.63, 3.8) is 0 Å². The van der Waals surface area contributed by atoms with E-state index < -0.39 is 0 Å². The summed E-state index contributed by atoms with van der Waals surface area (Å²) in [5.74, 6) is 1.01. The van der Waals surface area contributed by atoms with Crippen LogP contribution in [0.3, 0.4) is 0 Å². The van der Waals surface area contributed by atoms with E-state index in [0.29, 0.717) is 45.2 Å². The van der Waals surface area contributed by atoms with Crippen molar-refractivity contribution < 1.29 is 9.47 Å². The maximum Gasteiger partial charge on any atom is 0.149 e. The fraction of sp³-hybridized carbons (Fsp3) is 0.286. The lowest BCUT2D eigenvalue weighted by atomic mass is 10.1. The van der Waals surface area contributed by atoms with Crippen LogP contribution in [0, 0.1) is 11.3 Å². The fourth-order valence-corrected chi connectivity index (χ4v) is 2.36. The third-order valence-electron chi connectivity index (χ3n) is 2.91. The van der Waals surface area contributed by atoms with Gasteiger partial charge in [-0.2, -0.15) is 5.26 Å². The van der Waals surface area contributed by atoms with Crippen molar-refractivity contribution in [2.24, 2.45) is 0 Å². The molecule has 0 aliphatic heterocycles. The molecule has 0 radical (unpaired) electrons. The van der Waals surface area contributed by atoms with Gasteiger partial charge >= 0.3 is 0 Å². The molecule has 0 amide bonds. The molecule has 0 atom stereocenters. The Morgan fingerprint density at radius 1 is 1.40 bits per heavy atom. The van der Waals surface area contributed by atoms with Gasteiger partial charge in [0.1, 0.15) is 23.1 Å². The van der Waals surface area contributed by atoms with Gasteiger partial charge in [-0.05, 0) is 6.92 Å². The molecule has 0 aliphatic rings. The van der Waals surface area contributed by atoms with Crippen molar-refractivity contribution >= 4 is 28.2 Å². The Labute approximate surface area is 122 Å². The van der Waals surface area contributed by atoms with E-state index in [-0.39, 0.29) is 0 Å². The first kappa shape index (κ1) is 14.2. The smallest absolute Gasteiger partial charge is 0.149 e. The summed E-state index contributed by atoms with van der Waals surface area (Å²) >= 11 is 6.21. The molecule has 20 heavy (non-hydrogen) atoms. The number of pyridine rings is 1. The first-order valence-corrected chi connectivity index (χ1v) is 6.42. The van der Waals surface area contributed by atoms with E-state index in [1.54, 1.807) is 13.2 Å². The summed E-state index contributed by atoms with van der Waals surface area (Å²) in [7, 11) is 3.08. The number of hydrogen-bond acceptors (Lipinski definition) is 5. The van der Waals surface area contributed by atoms with Gasteiger partial charge in [0.05, 0.1) is 35.9 Å². The number of anilines is 1. The second-order valence-electron chi connectivity index (χ2n) is 4.01. The van der Waals surface area contributed by atoms with Gasteiger partial charge in [0.25, 0.3) is 0 Å². The maximum atomic E-state index is 9.23. The number of benzene rings is 1. The molecule has 0 spiro atoms. The summed E-state index contributed by atoms with van der Waals surface area (Å²) in [6, 6.07) is 3.77. The SMILES string of the molecule is CCNc1c(C#N)cnc2c(OC)cc(Cl)c(OC)c12. The van der Waals surface area contributed by atoms with Crippen LogP contribution in [0.15, 0.2) is 12.3 Å². The van der Waals surface area contributed by atoms with E-state index in [0.717, 1.165) is 0 Å². The third kappa shape index (κ3) is 2.19. The minimum absolute atomic E-state index is 0.410. The quantitative estimate of drug-likeness (QED) is 0.937. The molecule has 1 N–H and O–H groups in total. The largest absolute Gasteiger partial charge is 0.494 e. The van der Waals surface area contributed by atoms with Crippen LogP contribution in [0.1, 0.15) is 12.5 Å². The van der Waals surface area contributed by atoms with E-state index in [4.69, 9.17) is 21.1 Å². The molecule has 6 heteroatoms. The second-order valence-corrected chi connectivity index (χ2v) is 4.41. The molecule has 0 bridgehead atoms. The van der Waals surface area contributed by atoms with Crippen molar-refractivity contribution in [3.05, 3.63) is 22.8 Å². The third-order valence-corrected chi connectivity index (χ3v) is 3.19. The summed E-state index contributed by atoms with van der Waals surface area (Å²) in [4.78, 5) is 4.29. The molecule has 0 fully saturated rings. The van der Waals surface area contributed by atoms with Crippen molar-refractivity contribution in [2.45, 2.75) is 6.92 Å². The highest BCUT2D eigenvalue weighted by Gasteiger charge is 2.19. The molecular formula is C14H14ClN3O2. The lowest BCUT2D eigenvalue weighted by Crippen LogP contribution is -2.03. The lowest BCUT2D eigenvalue weighted by Gasteiger charge is -2.16. The Morgan fingerprint density at radius 2 is 2.15 bits per heavy atom. The summed E-state index contributed by atoms with van der Waals surface area (Å²) in [5, 5.41) is 13.5. The number of rotatable bonds is 4. The van der Waals surface area contributed by atoms with Crippen LogP contribution in [-0.2, 0) is 0 Å². The number of aromatic nitrogens is 1. The number of methoxy groups -OCH3 is 2. The predicted octanol–water partition coefficient (Wildman–Crippen LogP) is 3.21. The van der Waals surface area contributed by atoms with Gasteiger partial charge in [0, 0.05) is 18.8 Å². The number of hydrogen-bond donors (Lipinski definition) is 1. The molecule has 1 aromatic heterocycles. The maximum absolute atomic E-state index is 9.23. The van der Waals surface area contributed by atoms with Crippen LogP contribution in [0.2, 0.25) is 5.02 Å². The van der Waals surface area contributed by atoms with Crippen LogP contribution >= 0.6 is 11.6 Å². The van der Waals surface area contributed by atoms with Gasteiger partial charge in [0.15, 0.2) is 0 Å². The first-order valence-electron chi connectivity index (χ1n) is 6.05. The Hall–Kier alpha value is -2.19. The van der Waals surface area contributed by atoms with Gasteiger partial charge in [-0.3, -0.25) is 4.98 Å². The molecule has 0 saturated heterocycles. The zero-order valence-corrected chi connectivity index (χ0v) is 12.2. The molecule has 5 nitrogen and oxygen atoms in total. The minimum atomic E-state index is 0.410. The molecule has 0 saturated carbocycles. The number of nitrogens with zero attached hydrogens (tertiary/aromatic N) is 2. The molecular weight excluding hydrogens is 278 g/mol. The van der Waals surface area contributed by atoms with Crippen molar-refractivity contribution in [1.82, 2.24) is 4.98 Å². The predicted molar refractivity (Wildman–Crippen MR) is 78.7 cm³/mol. The Morgan fingerprint density at radius 3 is 2.70 bits per heavy atom. The molecule has 104 valence electrons. The summed E-state index contributed by atoms with van der Waals surface area (Å²) in [6.07, 6.45) is 1.51. The minimum Gasteiger partial charge on any atom is -0.494 e. The normalized spacial score (nSPS) is 10.2. The van der Waals surface area contributed by atoms with Gasteiger partial charge in [-0.15, -0.1) is 0 Å². The van der Waals surface area contributed by atoms with E-state index in [1.165, 1.54) is 13.3 Å². The monoisotopic (exact) mass is 291 g/mol. The van der Waals surface area contributed by atoms with Gasteiger partial charge < -0.3 is 14.8 Å². The number of ether oxygens (including phenoxy) is 2. The van der Waals surface area contributed by atoms with Crippen LogP contribution < -0.4 is 14.8 Å². The van der Waals surface area contributed by atoms with E-state index in [9.17, 15) is 5.26 Å². The number of fused-ring (bicyclic) bond motifs is 1. The zero-order valence-electron chi connectivity index (χ0n) is 11.5. The van der Waals surface area contributed by atoms with Crippen molar-refractivity contribution in [1.29, 1.82) is 5.26 Å². The fourth-order valence-electron chi connectivity index (χ4n) is 2.09. The van der Waals surface area contributed by atoms with Crippen LogP contribution in [0.4, 0.5) is 5.69 Å². The van der Waals surface area contributed by atoms with Crippen LogP contribution in [0.25, 0.3) is 10.9 Å². The number of nitriles is 1. The number of halogens is 1. The highest BCUT2D eigenvalue weighted by Crippen LogP contribution is 2.43. The summed E-state index contributed by atoms with van der Waals surface area (Å²) in [5.41, 5.74) is 1.68. The molecule has 2 rings (SSSR count). The molecule has 1 heterocycles. The van der Waals surface area contributed by atoms with E-state index >= 15 is 0 Å². The summed E-state index contributed by atoms with van der Waals surface area (Å²) < 4.78 is 10.7. The highest BCUT2D eigenvalue weighted by molar-refractivity contribution is 6.34. The molecule has 1 aromatic carbocycles. The lowest BCUT2D eigenvalue weighted by molar-refractivity contribution is 0.410. The Balaban J connectivity index is 2.96. The Bertz CT molecular complexity index is 695. The van der Waals surface area contributed by atoms with Gasteiger partial charge in [0.2, 0.25) is 0 Å².